The first-order chi connectivity index (χ1) is 6.77. The van der Waals surface area contributed by atoms with Crippen LogP contribution in [0.3, 0.4) is 0 Å². The molecule has 76 valence electrons. The standard InChI is InChI=1S/C11H17N3/c12-9-3-1-2-8(6-9)10-7-14-5-4-11(10)13/h4-5,7-9H,1-3,6,12H2,(H2,13,14). The number of hydrogen-bond acceptors (Lipinski definition) is 3. The maximum atomic E-state index is 5.95. The summed E-state index contributed by atoms with van der Waals surface area (Å²) < 4.78 is 0. The predicted octanol–water partition coefficient (Wildman–Crippen LogP) is 1.65. The van der Waals surface area contributed by atoms with Crippen molar-refractivity contribution in [3.63, 3.8) is 0 Å². The molecule has 1 heterocycles. The Morgan fingerprint density at radius 1 is 1.36 bits per heavy atom. The first kappa shape index (κ1) is 9.46. The second kappa shape index (κ2) is 3.96. The SMILES string of the molecule is Nc1ccncc1C1CCCC(N)C1. The first-order valence-corrected chi connectivity index (χ1v) is 5.22. The summed E-state index contributed by atoms with van der Waals surface area (Å²) in [5, 5.41) is 0. The highest BCUT2D eigenvalue weighted by Gasteiger charge is 2.22. The summed E-state index contributed by atoms with van der Waals surface area (Å²) in [6, 6.07) is 2.21. The maximum absolute atomic E-state index is 5.95. The van der Waals surface area contributed by atoms with E-state index in [2.05, 4.69) is 4.98 Å². The fourth-order valence-corrected chi connectivity index (χ4v) is 2.27. The summed E-state index contributed by atoms with van der Waals surface area (Å²) in [5.74, 6) is 0.521. The van der Waals surface area contributed by atoms with E-state index in [4.69, 9.17) is 11.5 Å². The van der Waals surface area contributed by atoms with Gasteiger partial charge in [0.25, 0.3) is 0 Å². The van der Waals surface area contributed by atoms with Gasteiger partial charge in [0.1, 0.15) is 0 Å². The quantitative estimate of drug-likeness (QED) is 0.709. The monoisotopic (exact) mass is 191 g/mol. The van der Waals surface area contributed by atoms with Gasteiger partial charge in [0.05, 0.1) is 0 Å². The Morgan fingerprint density at radius 2 is 2.21 bits per heavy atom. The van der Waals surface area contributed by atoms with E-state index in [1.165, 1.54) is 18.4 Å². The molecule has 0 saturated heterocycles. The number of pyridine rings is 1. The van der Waals surface area contributed by atoms with E-state index in [0.717, 1.165) is 18.5 Å². The van der Waals surface area contributed by atoms with Crippen molar-refractivity contribution in [1.29, 1.82) is 0 Å². The molecule has 14 heavy (non-hydrogen) atoms. The van der Waals surface area contributed by atoms with E-state index >= 15 is 0 Å². The number of aromatic nitrogens is 1. The minimum absolute atomic E-state index is 0.341. The van der Waals surface area contributed by atoms with Crippen LogP contribution in [0.5, 0.6) is 0 Å². The van der Waals surface area contributed by atoms with Gasteiger partial charge < -0.3 is 11.5 Å². The van der Waals surface area contributed by atoms with Crippen molar-refractivity contribution in [2.45, 2.75) is 37.6 Å². The third kappa shape index (κ3) is 1.87. The van der Waals surface area contributed by atoms with Gasteiger partial charge in [0.15, 0.2) is 0 Å². The molecule has 0 amide bonds. The Morgan fingerprint density at radius 3 is 2.93 bits per heavy atom. The van der Waals surface area contributed by atoms with Gasteiger partial charge >= 0.3 is 0 Å². The molecule has 2 rings (SSSR count). The Balaban J connectivity index is 2.18. The fourth-order valence-electron chi connectivity index (χ4n) is 2.27. The maximum Gasteiger partial charge on any atom is 0.0380 e. The molecule has 1 aliphatic rings. The van der Waals surface area contributed by atoms with E-state index in [9.17, 15) is 0 Å². The highest BCUT2D eigenvalue weighted by molar-refractivity contribution is 5.46. The molecule has 3 nitrogen and oxygen atoms in total. The summed E-state index contributed by atoms with van der Waals surface area (Å²) in [4.78, 5) is 4.12. The average molecular weight is 191 g/mol. The molecule has 2 atom stereocenters. The van der Waals surface area contributed by atoms with Crippen LogP contribution < -0.4 is 11.5 Å². The van der Waals surface area contributed by atoms with E-state index in [1.54, 1.807) is 6.20 Å². The summed E-state index contributed by atoms with van der Waals surface area (Å²) in [6.07, 6.45) is 8.23. The molecular weight excluding hydrogens is 174 g/mol. The zero-order valence-corrected chi connectivity index (χ0v) is 8.32. The lowest BCUT2D eigenvalue weighted by atomic mass is 9.82. The van der Waals surface area contributed by atoms with Crippen molar-refractivity contribution >= 4 is 5.69 Å². The van der Waals surface area contributed by atoms with Crippen molar-refractivity contribution < 1.29 is 0 Å². The molecule has 1 aliphatic carbocycles. The largest absolute Gasteiger partial charge is 0.398 e. The number of nitrogens with two attached hydrogens (primary N) is 2. The van der Waals surface area contributed by atoms with Crippen molar-refractivity contribution in [2.24, 2.45) is 5.73 Å². The second-order valence-corrected chi connectivity index (χ2v) is 4.13. The van der Waals surface area contributed by atoms with Gasteiger partial charge in [-0.05, 0) is 36.8 Å². The van der Waals surface area contributed by atoms with Gasteiger partial charge in [-0.15, -0.1) is 0 Å². The molecule has 0 radical (unpaired) electrons. The van der Waals surface area contributed by atoms with Crippen LogP contribution in [0.2, 0.25) is 0 Å². The predicted molar refractivity (Wildman–Crippen MR) is 57.8 cm³/mol. The minimum Gasteiger partial charge on any atom is -0.398 e. The van der Waals surface area contributed by atoms with Crippen LogP contribution in [0, 0.1) is 0 Å². The highest BCUT2D eigenvalue weighted by atomic mass is 14.7. The summed E-state index contributed by atoms with van der Waals surface area (Å²) in [6.45, 7) is 0. The van der Waals surface area contributed by atoms with Gasteiger partial charge in [0.2, 0.25) is 0 Å². The average Bonchev–Trinajstić information content (AvgIpc) is 2.18. The topological polar surface area (TPSA) is 64.9 Å². The van der Waals surface area contributed by atoms with Crippen LogP contribution >= 0.6 is 0 Å². The van der Waals surface area contributed by atoms with Crippen LogP contribution in [-0.4, -0.2) is 11.0 Å². The second-order valence-electron chi connectivity index (χ2n) is 4.13. The molecule has 0 aromatic carbocycles. The molecule has 1 aromatic heterocycles. The summed E-state index contributed by atoms with van der Waals surface area (Å²) in [5.41, 5.74) is 13.9. The third-order valence-electron chi connectivity index (χ3n) is 3.04. The Hall–Kier alpha value is -1.09. The molecule has 4 N–H and O–H groups in total. The zero-order chi connectivity index (χ0) is 9.97. The number of nitrogen functional groups attached to an aromatic ring is 1. The van der Waals surface area contributed by atoms with E-state index in [0.29, 0.717) is 12.0 Å². The number of hydrogen-bond donors (Lipinski definition) is 2. The molecule has 0 spiro atoms. The molecule has 0 bridgehead atoms. The van der Waals surface area contributed by atoms with Gasteiger partial charge in [-0.2, -0.15) is 0 Å². The molecule has 2 unspecified atom stereocenters. The summed E-state index contributed by atoms with van der Waals surface area (Å²) in [7, 11) is 0. The zero-order valence-electron chi connectivity index (χ0n) is 8.32. The van der Waals surface area contributed by atoms with Crippen LogP contribution in [0.25, 0.3) is 0 Å². The Bertz CT molecular complexity index is 311. The summed E-state index contributed by atoms with van der Waals surface area (Å²) >= 11 is 0. The van der Waals surface area contributed by atoms with Gasteiger partial charge in [-0.3, -0.25) is 4.98 Å². The normalized spacial score (nSPS) is 27.5. The lowest BCUT2D eigenvalue weighted by Crippen LogP contribution is -2.27. The number of anilines is 1. The Labute approximate surface area is 84.5 Å². The smallest absolute Gasteiger partial charge is 0.0380 e. The van der Waals surface area contributed by atoms with Crippen molar-refractivity contribution in [3.05, 3.63) is 24.0 Å². The van der Waals surface area contributed by atoms with Gasteiger partial charge in [0, 0.05) is 24.1 Å². The fraction of sp³-hybridized carbons (Fsp3) is 0.545. The van der Waals surface area contributed by atoms with Crippen LogP contribution in [-0.2, 0) is 0 Å². The molecule has 1 fully saturated rings. The third-order valence-corrected chi connectivity index (χ3v) is 3.04. The van der Waals surface area contributed by atoms with E-state index in [-0.39, 0.29) is 0 Å². The molecular formula is C11H17N3. The van der Waals surface area contributed by atoms with Crippen LogP contribution in [0.4, 0.5) is 5.69 Å². The lowest BCUT2D eigenvalue weighted by Gasteiger charge is -2.27. The Kier molecular flexibility index (Phi) is 2.68. The van der Waals surface area contributed by atoms with Crippen LogP contribution in [0.15, 0.2) is 18.5 Å². The van der Waals surface area contributed by atoms with Crippen molar-refractivity contribution in [2.75, 3.05) is 5.73 Å². The molecule has 1 saturated carbocycles. The van der Waals surface area contributed by atoms with E-state index < -0.39 is 0 Å². The highest BCUT2D eigenvalue weighted by Crippen LogP contribution is 2.34. The van der Waals surface area contributed by atoms with Crippen LogP contribution in [0.1, 0.15) is 37.2 Å². The lowest BCUT2D eigenvalue weighted by molar-refractivity contribution is 0.393. The van der Waals surface area contributed by atoms with Crippen molar-refractivity contribution in [3.8, 4) is 0 Å². The number of nitrogens with zero attached hydrogens (tertiary/aromatic N) is 1. The molecule has 3 heteroatoms. The van der Waals surface area contributed by atoms with E-state index in [1.807, 2.05) is 12.3 Å². The molecule has 1 aromatic rings. The first-order valence-electron chi connectivity index (χ1n) is 5.22. The molecule has 0 aliphatic heterocycles. The van der Waals surface area contributed by atoms with Crippen molar-refractivity contribution in [1.82, 2.24) is 4.98 Å². The number of rotatable bonds is 1. The van der Waals surface area contributed by atoms with Gasteiger partial charge in [-0.25, -0.2) is 0 Å². The van der Waals surface area contributed by atoms with Gasteiger partial charge in [-0.1, -0.05) is 6.42 Å². The minimum atomic E-state index is 0.341.